The number of carbonyl (C=O) groups excluding carboxylic acids is 1. The average Bonchev–Trinajstić information content (AvgIpc) is 3.51. The minimum Gasteiger partial charge on any atom is -0.305 e. The molecule has 2 heterocycles. The number of rotatable bonds is 6. The molecule has 0 bridgehead atoms. The van der Waals surface area contributed by atoms with Gasteiger partial charge in [-0.1, -0.05) is 41.9 Å². The van der Waals surface area contributed by atoms with Gasteiger partial charge in [0.2, 0.25) is 0 Å². The van der Waals surface area contributed by atoms with Gasteiger partial charge in [0, 0.05) is 22.0 Å². The molecule has 7 nitrogen and oxygen atoms in total. The summed E-state index contributed by atoms with van der Waals surface area (Å²) < 4.78 is 43.0. The molecule has 5 rings (SSSR count). The van der Waals surface area contributed by atoms with Crippen molar-refractivity contribution in [3.8, 4) is 11.1 Å². The number of nitrogens with zero attached hydrogens (tertiary/aromatic N) is 1. The SMILES string of the molecule is O=C(Nc1n[nH]c2c(F)c(-c3ccc(NS(=O)(=O)c4ccccc4Cl)cc3)ccc12)c1ccsc1. The van der Waals surface area contributed by atoms with Gasteiger partial charge in [0.05, 0.1) is 10.6 Å². The molecule has 0 aliphatic carbocycles. The Morgan fingerprint density at radius 1 is 1.03 bits per heavy atom. The van der Waals surface area contributed by atoms with Crippen LogP contribution in [0.25, 0.3) is 22.0 Å². The van der Waals surface area contributed by atoms with E-state index in [4.69, 9.17) is 11.6 Å². The van der Waals surface area contributed by atoms with Crippen molar-refractivity contribution in [1.29, 1.82) is 0 Å². The lowest BCUT2D eigenvalue weighted by Gasteiger charge is -2.10. The number of fused-ring (bicyclic) bond motifs is 1. The van der Waals surface area contributed by atoms with E-state index in [1.165, 1.54) is 35.6 Å². The molecule has 11 heteroatoms. The summed E-state index contributed by atoms with van der Waals surface area (Å²) in [7, 11) is -3.89. The van der Waals surface area contributed by atoms with Crippen molar-refractivity contribution in [2.45, 2.75) is 4.90 Å². The number of nitrogens with one attached hydrogen (secondary N) is 3. The zero-order valence-corrected chi connectivity index (χ0v) is 20.1. The highest BCUT2D eigenvalue weighted by molar-refractivity contribution is 7.92. The summed E-state index contributed by atoms with van der Waals surface area (Å²) in [4.78, 5) is 12.3. The van der Waals surface area contributed by atoms with Gasteiger partial charge in [-0.15, -0.1) is 0 Å². The fraction of sp³-hybridized carbons (Fsp3) is 0. The number of hydrogen-bond donors (Lipinski definition) is 3. The van der Waals surface area contributed by atoms with Crippen molar-refractivity contribution >= 4 is 61.3 Å². The maximum Gasteiger partial charge on any atom is 0.263 e. The summed E-state index contributed by atoms with van der Waals surface area (Å²) in [6.45, 7) is 0. The Hall–Kier alpha value is -3.73. The number of hydrogen-bond acceptors (Lipinski definition) is 5. The van der Waals surface area contributed by atoms with E-state index in [9.17, 15) is 13.2 Å². The smallest absolute Gasteiger partial charge is 0.263 e. The normalized spacial score (nSPS) is 11.5. The van der Waals surface area contributed by atoms with Crippen LogP contribution in [0.2, 0.25) is 5.02 Å². The van der Waals surface area contributed by atoms with Gasteiger partial charge in [-0.3, -0.25) is 14.6 Å². The second-order valence-electron chi connectivity index (χ2n) is 7.50. The van der Waals surface area contributed by atoms with E-state index in [1.54, 1.807) is 53.2 Å². The molecule has 0 atom stereocenters. The number of benzene rings is 3. The Balaban J connectivity index is 1.39. The topological polar surface area (TPSA) is 104 Å². The summed E-state index contributed by atoms with van der Waals surface area (Å²) >= 11 is 7.41. The molecule has 176 valence electrons. The molecular formula is C24H16ClFN4O3S2. The first-order valence-corrected chi connectivity index (χ1v) is 13.0. The van der Waals surface area contributed by atoms with Crippen LogP contribution >= 0.6 is 22.9 Å². The zero-order valence-electron chi connectivity index (χ0n) is 17.7. The Kier molecular flexibility index (Phi) is 6.01. The molecule has 0 fully saturated rings. The highest BCUT2D eigenvalue weighted by Gasteiger charge is 2.19. The highest BCUT2D eigenvalue weighted by atomic mass is 35.5. The lowest BCUT2D eigenvalue weighted by atomic mass is 10.0. The molecular weight excluding hydrogens is 511 g/mol. The number of H-pyrrole nitrogens is 1. The Morgan fingerprint density at radius 3 is 2.51 bits per heavy atom. The van der Waals surface area contributed by atoms with Crippen LogP contribution in [0.15, 0.2) is 82.4 Å². The van der Waals surface area contributed by atoms with E-state index < -0.39 is 15.8 Å². The predicted molar refractivity (Wildman–Crippen MR) is 136 cm³/mol. The first kappa shape index (κ1) is 23.0. The minimum absolute atomic E-state index is 0.0385. The van der Waals surface area contributed by atoms with Gasteiger partial charge in [-0.2, -0.15) is 16.4 Å². The van der Waals surface area contributed by atoms with E-state index in [0.29, 0.717) is 22.2 Å². The summed E-state index contributed by atoms with van der Waals surface area (Å²) in [5, 5.41) is 13.4. The maximum atomic E-state index is 15.3. The second kappa shape index (κ2) is 9.14. The van der Waals surface area contributed by atoms with Crippen LogP contribution in [0, 0.1) is 5.82 Å². The first-order valence-electron chi connectivity index (χ1n) is 10.2. The molecule has 1 amide bonds. The van der Waals surface area contributed by atoms with Crippen LogP contribution in [0.4, 0.5) is 15.9 Å². The minimum atomic E-state index is -3.89. The number of sulfonamides is 1. The van der Waals surface area contributed by atoms with Gasteiger partial charge in [-0.25, -0.2) is 12.8 Å². The van der Waals surface area contributed by atoms with Gasteiger partial charge in [0.1, 0.15) is 10.4 Å². The number of amides is 1. The van der Waals surface area contributed by atoms with E-state index in [0.717, 1.165) is 0 Å². The highest BCUT2D eigenvalue weighted by Crippen LogP contribution is 2.32. The Bertz CT molecular complexity index is 1650. The number of halogens is 2. The van der Waals surface area contributed by atoms with Crippen molar-refractivity contribution in [2.75, 3.05) is 10.0 Å². The maximum absolute atomic E-state index is 15.3. The van der Waals surface area contributed by atoms with E-state index in [2.05, 4.69) is 20.2 Å². The second-order valence-corrected chi connectivity index (χ2v) is 10.3. The number of thiophene rings is 1. The molecule has 5 aromatic rings. The third kappa shape index (κ3) is 4.51. The third-order valence-electron chi connectivity index (χ3n) is 5.27. The van der Waals surface area contributed by atoms with Crippen molar-refractivity contribution < 1.29 is 17.6 Å². The van der Waals surface area contributed by atoms with E-state index in [1.807, 2.05) is 0 Å². The Labute approximate surface area is 208 Å². The largest absolute Gasteiger partial charge is 0.305 e. The van der Waals surface area contributed by atoms with Crippen LogP contribution < -0.4 is 10.0 Å². The lowest BCUT2D eigenvalue weighted by molar-refractivity contribution is 0.102. The van der Waals surface area contributed by atoms with E-state index in [-0.39, 0.29) is 32.7 Å². The van der Waals surface area contributed by atoms with Crippen LogP contribution in [-0.2, 0) is 10.0 Å². The fourth-order valence-corrected chi connectivity index (χ4v) is 5.75. The van der Waals surface area contributed by atoms with Crippen LogP contribution in [0.3, 0.4) is 0 Å². The molecule has 0 unspecified atom stereocenters. The number of carbonyl (C=O) groups is 1. The van der Waals surface area contributed by atoms with E-state index >= 15 is 4.39 Å². The van der Waals surface area contributed by atoms with Gasteiger partial charge in [0.15, 0.2) is 11.6 Å². The molecule has 3 aromatic carbocycles. The van der Waals surface area contributed by atoms with Gasteiger partial charge in [0.25, 0.3) is 15.9 Å². The summed E-state index contributed by atoms with van der Waals surface area (Å²) in [6, 6.07) is 17.3. The fourth-order valence-electron chi connectivity index (χ4n) is 3.54. The molecule has 0 spiro atoms. The van der Waals surface area contributed by atoms with Crippen LogP contribution in [-0.4, -0.2) is 24.5 Å². The van der Waals surface area contributed by atoms with Gasteiger partial charge < -0.3 is 5.32 Å². The Morgan fingerprint density at radius 2 is 1.80 bits per heavy atom. The zero-order chi connectivity index (χ0) is 24.6. The number of aromatic amines is 1. The summed E-state index contributed by atoms with van der Waals surface area (Å²) in [5.41, 5.74) is 1.76. The molecule has 3 N–H and O–H groups in total. The van der Waals surface area contributed by atoms with Crippen molar-refractivity contribution in [3.63, 3.8) is 0 Å². The number of aromatic nitrogens is 2. The monoisotopic (exact) mass is 526 g/mol. The molecule has 2 aromatic heterocycles. The quantitative estimate of drug-likeness (QED) is 0.247. The average molecular weight is 527 g/mol. The summed E-state index contributed by atoms with van der Waals surface area (Å²) in [5.74, 6) is -0.652. The standard InChI is InChI=1S/C24H16ClFN4O3S2/c25-19-3-1-2-4-20(19)35(32,33)30-16-7-5-14(6-8-16)17-9-10-18-22(21(17)26)28-29-23(18)27-24(31)15-11-12-34-13-15/h1-13,30H,(H2,27,28,29,31). The molecule has 0 saturated carbocycles. The van der Waals surface area contributed by atoms with Crippen molar-refractivity contribution in [1.82, 2.24) is 10.2 Å². The van der Waals surface area contributed by atoms with Crippen LogP contribution in [0.1, 0.15) is 10.4 Å². The molecule has 0 saturated heterocycles. The number of anilines is 2. The first-order chi connectivity index (χ1) is 16.8. The molecule has 0 aliphatic rings. The predicted octanol–water partition coefficient (Wildman–Crippen LogP) is 6.14. The third-order valence-corrected chi connectivity index (χ3v) is 7.83. The van der Waals surface area contributed by atoms with Crippen molar-refractivity contribution in [2.24, 2.45) is 0 Å². The van der Waals surface area contributed by atoms with Gasteiger partial charge in [-0.05, 0) is 47.3 Å². The van der Waals surface area contributed by atoms with Crippen molar-refractivity contribution in [3.05, 3.63) is 93.9 Å². The lowest BCUT2D eigenvalue weighted by Crippen LogP contribution is -2.13. The summed E-state index contributed by atoms with van der Waals surface area (Å²) in [6.07, 6.45) is 0. The molecule has 0 aliphatic heterocycles. The van der Waals surface area contributed by atoms with Gasteiger partial charge >= 0.3 is 0 Å². The molecule has 35 heavy (non-hydrogen) atoms. The van der Waals surface area contributed by atoms with Crippen LogP contribution in [0.5, 0.6) is 0 Å². The molecule has 0 radical (unpaired) electrons.